The second-order valence-corrected chi connectivity index (χ2v) is 3.71. The van der Waals surface area contributed by atoms with Crippen LogP contribution in [0.5, 0.6) is 0 Å². The molecule has 1 atom stereocenters. The number of ether oxygens (including phenoxy) is 2. The molecule has 0 bridgehead atoms. The smallest absolute Gasteiger partial charge is 0.341 e. The monoisotopic (exact) mass is 235 g/mol. The summed E-state index contributed by atoms with van der Waals surface area (Å²) in [6, 6.07) is 5.10. The summed E-state index contributed by atoms with van der Waals surface area (Å²) in [5.74, 6) is -0.868. The fourth-order valence-electron chi connectivity index (χ4n) is 1.87. The number of carbonyl (C=O) groups excluding carboxylic acids is 2. The van der Waals surface area contributed by atoms with Crippen LogP contribution in [0.1, 0.15) is 35.4 Å². The normalized spacial score (nSPS) is 17.5. The molecular formula is C12H13NO4. The fourth-order valence-corrected chi connectivity index (χ4v) is 1.87. The van der Waals surface area contributed by atoms with Gasteiger partial charge in [0.25, 0.3) is 0 Å². The molecule has 5 nitrogen and oxygen atoms in total. The summed E-state index contributed by atoms with van der Waals surface area (Å²) in [4.78, 5) is 22.9. The minimum atomic E-state index is -0.583. The average Bonchev–Trinajstić information content (AvgIpc) is 2.57. The van der Waals surface area contributed by atoms with Gasteiger partial charge in [0.1, 0.15) is 6.10 Å². The predicted octanol–water partition coefficient (Wildman–Crippen LogP) is 1.43. The first-order valence-electron chi connectivity index (χ1n) is 5.38. The third-order valence-electron chi connectivity index (χ3n) is 2.59. The van der Waals surface area contributed by atoms with Crippen LogP contribution in [0.4, 0.5) is 5.69 Å². The zero-order chi connectivity index (χ0) is 12.4. The van der Waals surface area contributed by atoms with Crippen molar-refractivity contribution in [2.24, 2.45) is 0 Å². The molecule has 0 saturated carbocycles. The van der Waals surface area contributed by atoms with Crippen molar-refractivity contribution >= 4 is 17.6 Å². The number of hydrogen-bond donors (Lipinski definition) is 1. The SMILES string of the molecule is CCOC(=O)CC1OC(=O)c2c(N)cccc21. The van der Waals surface area contributed by atoms with Crippen molar-refractivity contribution < 1.29 is 19.1 Å². The Balaban J connectivity index is 2.23. The molecule has 1 heterocycles. The summed E-state index contributed by atoms with van der Waals surface area (Å²) in [7, 11) is 0. The predicted molar refractivity (Wildman–Crippen MR) is 60.3 cm³/mol. The van der Waals surface area contributed by atoms with E-state index in [1.165, 1.54) is 0 Å². The fraction of sp³-hybridized carbons (Fsp3) is 0.333. The minimum Gasteiger partial charge on any atom is -0.466 e. The van der Waals surface area contributed by atoms with E-state index in [0.29, 0.717) is 23.4 Å². The van der Waals surface area contributed by atoms with Gasteiger partial charge in [0.05, 0.1) is 18.6 Å². The van der Waals surface area contributed by atoms with E-state index in [9.17, 15) is 9.59 Å². The van der Waals surface area contributed by atoms with Crippen molar-refractivity contribution in [3.63, 3.8) is 0 Å². The van der Waals surface area contributed by atoms with Crippen LogP contribution < -0.4 is 5.73 Å². The van der Waals surface area contributed by atoms with Gasteiger partial charge in [0.2, 0.25) is 0 Å². The van der Waals surface area contributed by atoms with Gasteiger partial charge in [-0.15, -0.1) is 0 Å². The topological polar surface area (TPSA) is 78.6 Å². The van der Waals surface area contributed by atoms with E-state index in [1.54, 1.807) is 25.1 Å². The number of nitrogen functional groups attached to an aromatic ring is 1. The highest BCUT2D eigenvalue weighted by Gasteiger charge is 2.34. The van der Waals surface area contributed by atoms with Crippen molar-refractivity contribution in [1.29, 1.82) is 0 Å². The molecular weight excluding hydrogens is 222 g/mol. The summed E-state index contributed by atoms with van der Waals surface area (Å²) >= 11 is 0. The molecule has 1 aliphatic heterocycles. The van der Waals surface area contributed by atoms with Gasteiger partial charge in [-0.1, -0.05) is 12.1 Å². The lowest BCUT2D eigenvalue weighted by Gasteiger charge is -2.09. The summed E-state index contributed by atoms with van der Waals surface area (Å²) in [5, 5.41) is 0. The number of hydrogen-bond acceptors (Lipinski definition) is 5. The van der Waals surface area contributed by atoms with Gasteiger partial charge in [-0.05, 0) is 13.0 Å². The number of esters is 2. The molecule has 5 heteroatoms. The molecule has 1 aliphatic rings. The van der Waals surface area contributed by atoms with Crippen LogP contribution in [0, 0.1) is 0 Å². The molecule has 0 radical (unpaired) electrons. The summed E-state index contributed by atoms with van der Waals surface area (Å²) < 4.78 is 9.93. The van der Waals surface area contributed by atoms with Crippen molar-refractivity contribution in [2.75, 3.05) is 12.3 Å². The average molecular weight is 235 g/mol. The molecule has 1 unspecified atom stereocenters. The molecule has 1 aromatic rings. The standard InChI is InChI=1S/C12H13NO4/c1-2-16-10(14)6-9-7-4-3-5-8(13)11(7)12(15)17-9/h3-5,9H,2,6,13H2,1H3. The van der Waals surface area contributed by atoms with Crippen LogP contribution in [-0.2, 0) is 14.3 Å². The summed E-state index contributed by atoms with van der Waals surface area (Å²) in [6.07, 6.45) is -0.559. The van der Waals surface area contributed by atoms with Gasteiger partial charge in [-0.25, -0.2) is 4.79 Å². The lowest BCUT2D eigenvalue weighted by atomic mass is 10.0. The van der Waals surface area contributed by atoms with E-state index < -0.39 is 12.1 Å². The number of fused-ring (bicyclic) bond motifs is 1. The van der Waals surface area contributed by atoms with E-state index in [0.717, 1.165) is 0 Å². The molecule has 1 aromatic carbocycles. The number of benzene rings is 1. The molecule has 0 spiro atoms. The Hall–Kier alpha value is -2.04. The molecule has 17 heavy (non-hydrogen) atoms. The van der Waals surface area contributed by atoms with Crippen LogP contribution in [0.2, 0.25) is 0 Å². The molecule has 0 fully saturated rings. The molecule has 2 rings (SSSR count). The van der Waals surface area contributed by atoms with Crippen LogP contribution in [0.25, 0.3) is 0 Å². The molecule has 0 amide bonds. The lowest BCUT2D eigenvalue weighted by Crippen LogP contribution is -2.10. The van der Waals surface area contributed by atoms with Gasteiger partial charge in [-0.3, -0.25) is 4.79 Å². The highest BCUT2D eigenvalue weighted by molar-refractivity contribution is 5.99. The lowest BCUT2D eigenvalue weighted by molar-refractivity contribution is -0.145. The number of carbonyl (C=O) groups is 2. The molecule has 0 aromatic heterocycles. The van der Waals surface area contributed by atoms with Crippen molar-refractivity contribution in [3.8, 4) is 0 Å². The Morgan fingerprint density at radius 1 is 1.53 bits per heavy atom. The highest BCUT2D eigenvalue weighted by Crippen LogP contribution is 2.35. The molecule has 0 aliphatic carbocycles. The van der Waals surface area contributed by atoms with Gasteiger partial charge < -0.3 is 15.2 Å². The van der Waals surface area contributed by atoms with E-state index in [2.05, 4.69) is 0 Å². The third-order valence-corrected chi connectivity index (χ3v) is 2.59. The summed E-state index contributed by atoms with van der Waals surface area (Å²) in [6.45, 7) is 2.04. The van der Waals surface area contributed by atoms with Crippen molar-refractivity contribution in [3.05, 3.63) is 29.3 Å². The van der Waals surface area contributed by atoms with E-state index in [1.807, 2.05) is 0 Å². The van der Waals surface area contributed by atoms with Gasteiger partial charge >= 0.3 is 11.9 Å². The first-order chi connectivity index (χ1) is 8.13. The minimum absolute atomic E-state index is 0.0238. The van der Waals surface area contributed by atoms with E-state index in [4.69, 9.17) is 15.2 Å². The second-order valence-electron chi connectivity index (χ2n) is 3.71. The van der Waals surface area contributed by atoms with E-state index >= 15 is 0 Å². The first kappa shape index (κ1) is 11.4. The molecule has 2 N–H and O–H groups in total. The maximum absolute atomic E-state index is 11.6. The largest absolute Gasteiger partial charge is 0.466 e. The summed E-state index contributed by atoms with van der Waals surface area (Å²) in [5.41, 5.74) is 7.09. The maximum atomic E-state index is 11.6. The van der Waals surface area contributed by atoms with E-state index in [-0.39, 0.29) is 12.4 Å². The maximum Gasteiger partial charge on any atom is 0.341 e. The third kappa shape index (κ3) is 2.08. The van der Waals surface area contributed by atoms with Crippen LogP contribution in [0.3, 0.4) is 0 Å². The highest BCUT2D eigenvalue weighted by atomic mass is 16.6. The van der Waals surface area contributed by atoms with Gasteiger partial charge in [-0.2, -0.15) is 0 Å². The number of anilines is 1. The van der Waals surface area contributed by atoms with Crippen molar-refractivity contribution in [1.82, 2.24) is 0 Å². The zero-order valence-electron chi connectivity index (χ0n) is 9.43. The van der Waals surface area contributed by atoms with Crippen LogP contribution >= 0.6 is 0 Å². The van der Waals surface area contributed by atoms with Crippen LogP contribution in [0.15, 0.2) is 18.2 Å². The quantitative estimate of drug-likeness (QED) is 0.633. The Bertz CT molecular complexity index is 470. The van der Waals surface area contributed by atoms with Gasteiger partial charge in [0.15, 0.2) is 0 Å². The Kier molecular flexibility index (Phi) is 2.99. The molecule has 0 saturated heterocycles. The Morgan fingerprint density at radius 3 is 3.00 bits per heavy atom. The Labute approximate surface area is 98.5 Å². The van der Waals surface area contributed by atoms with Crippen LogP contribution in [-0.4, -0.2) is 18.5 Å². The van der Waals surface area contributed by atoms with Crippen molar-refractivity contribution in [2.45, 2.75) is 19.4 Å². The first-order valence-corrected chi connectivity index (χ1v) is 5.38. The number of rotatable bonds is 3. The van der Waals surface area contributed by atoms with Gasteiger partial charge in [0, 0.05) is 11.3 Å². The molecule has 90 valence electrons. The number of cyclic esters (lactones) is 1. The number of nitrogens with two attached hydrogens (primary N) is 1. The zero-order valence-corrected chi connectivity index (χ0v) is 9.43. The Morgan fingerprint density at radius 2 is 2.29 bits per heavy atom. The second kappa shape index (κ2) is 4.45.